The number of rotatable bonds is 3. The van der Waals surface area contributed by atoms with Gasteiger partial charge in [-0.1, -0.05) is 25.7 Å². The molecule has 1 amide bonds. The second kappa shape index (κ2) is 6.48. The molecule has 1 aromatic heterocycles. The van der Waals surface area contributed by atoms with Crippen LogP contribution in [0.2, 0.25) is 0 Å². The third kappa shape index (κ3) is 3.54. The van der Waals surface area contributed by atoms with Crippen molar-refractivity contribution in [3.63, 3.8) is 0 Å². The molecule has 1 saturated carbocycles. The summed E-state index contributed by atoms with van der Waals surface area (Å²) in [5.74, 6) is 0.0426. The molecule has 5 heteroatoms. The van der Waals surface area contributed by atoms with Crippen LogP contribution in [0.25, 0.3) is 0 Å². The number of hydrogen-bond acceptors (Lipinski definition) is 3. The molecule has 1 aliphatic carbocycles. The zero-order chi connectivity index (χ0) is 13.7. The summed E-state index contributed by atoms with van der Waals surface area (Å²) in [6, 6.07) is 3.66. The molecule has 0 unspecified atom stereocenters. The van der Waals surface area contributed by atoms with Crippen molar-refractivity contribution < 1.29 is 4.79 Å². The molecule has 0 bridgehead atoms. The van der Waals surface area contributed by atoms with Crippen molar-refractivity contribution >= 4 is 27.5 Å². The maximum Gasteiger partial charge on any atom is 0.231 e. The third-order valence-corrected chi connectivity index (χ3v) is 4.39. The Bertz CT molecular complexity index is 425. The SMILES string of the molecule is NCC1(C(=O)Nc2ccc(Br)nc2)CCCCCC1. The van der Waals surface area contributed by atoms with E-state index in [2.05, 4.69) is 26.2 Å². The quantitative estimate of drug-likeness (QED) is 0.662. The van der Waals surface area contributed by atoms with Crippen molar-refractivity contribution in [1.82, 2.24) is 4.98 Å². The van der Waals surface area contributed by atoms with Crippen molar-refractivity contribution in [3.05, 3.63) is 22.9 Å². The molecule has 1 heterocycles. The molecule has 0 saturated heterocycles. The summed E-state index contributed by atoms with van der Waals surface area (Å²) in [7, 11) is 0. The number of halogens is 1. The maximum absolute atomic E-state index is 12.5. The second-order valence-electron chi connectivity index (χ2n) is 5.22. The number of amides is 1. The summed E-state index contributed by atoms with van der Waals surface area (Å²) in [4.78, 5) is 16.6. The van der Waals surface area contributed by atoms with E-state index in [9.17, 15) is 4.79 Å². The Hall–Kier alpha value is -0.940. The highest BCUT2D eigenvalue weighted by Crippen LogP contribution is 2.35. The fourth-order valence-electron chi connectivity index (χ4n) is 2.64. The smallest absolute Gasteiger partial charge is 0.231 e. The van der Waals surface area contributed by atoms with Crippen LogP contribution in [0.4, 0.5) is 5.69 Å². The van der Waals surface area contributed by atoms with E-state index < -0.39 is 5.41 Å². The van der Waals surface area contributed by atoms with E-state index in [1.165, 1.54) is 12.8 Å². The van der Waals surface area contributed by atoms with E-state index in [1.54, 1.807) is 6.20 Å². The normalized spacial score (nSPS) is 18.6. The predicted molar refractivity (Wildman–Crippen MR) is 79.8 cm³/mol. The van der Waals surface area contributed by atoms with Crippen molar-refractivity contribution in [1.29, 1.82) is 0 Å². The fraction of sp³-hybridized carbons (Fsp3) is 0.571. The van der Waals surface area contributed by atoms with Crippen LogP contribution in [0.15, 0.2) is 22.9 Å². The second-order valence-corrected chi connectivity index (χ2v) is 6.03. The van der Waals surface area contributed by atoms with Crippen molar-refractivity contribution in [3.8, 4) is 0 Å². The number of aromatic nitrogens is 1. The Morgan fingerprint density at radius 3 is 2.53 bits per heavy atom. The van der Waals surface area contributed by atoms with Gasteiger partial charge in [-0.15, -0.1) is 0 Å². The van der Waals surface area contributed by atoms with E-state index in [0.717, 1.165) is 36.0 Å². The van der Waals surface area contributed by atoms with E-state index in [1.807, 2.05) is 12.1 Å². The molecule has 0 aliphatic heterocycles. The number of nitrogens with zero attached hydrogens (tertiary/aromatic N) is 1. The van der Waals surface area contributed by atoms with Crippen LogP contribution in [0.5, 0.6) is 0 Å². The van der Waals surface area contributed by atoms with Crippen LogP contribution in [0, 0.1) is 5.41 Å². The lowest BCUT2D eigenvalue weighted by molar-refractivity contribution is -0.125. The zero-order valence-electron chi connectivity index (χ0n) is 11.0. The molecule has 4 nitrogen and oxygen atoms in total. The summed E-state index contributed by atoms with van der Waals surface area (Å²) in [5, 5.41) is 2.96. The summed E-state index contributed by atoms with van der Waals surface area (Å²) in [6.07, 6.45) is 8.01. The molecule has 19 heavy (non-hydrogen) atoms. The zero-order valence-corrected chi connectivity index (χ0v) is 12.6. The fourth-order valence-corrected chi connectivity index (χ4v) is 2.88. The van der Waals surface area contributed by atoms with Crippen molar-refractivity contribution in [2.24, 2.45) is 11.1 Å². The number of nitrogens with one attached hydrogen (secondary N) is 1. The van der Waals surface area contributed by atoms with Crippen molar-refractivity contribution in [2.75, 3.05) is 11.9 Å². The molecule has 1 aliphatic rings. The standard InChI is InChI=1S/C14H20BrN3O/c15-12-6-5-11(9-17-12)18-13(19)14(10-16)7-3-1-2-4-8-14/h5-6,9H,1-4,7-8,10,16H2,(H,18,19). The van der Waals surface area contributed by atoms with Crippen LogP contribution in [0.3, 0.4) is 0 Å². The minimum absolute atomic E-state index is 0.0426. The van der Waals surface area contributed by atoms with Crippen LogP contribution in [-0.2, 0) is 4.79 Å². The van der Waals surface area contributed by atoms with Gasteiger partial charge in [0.2, 0.25) is 5.91 Å². The number of pyridine rings is 1. The summed E-state index contributed by atoms with van der Waals surface area (Å²) in [5.41, 5.74) is 6.23. The lowest BCUT2D eigenvalue weighted by atomic mass is 9.79. The molecule has 0 aromatic carbocycles. The average molecular weight is 326 g/mol. The first-order valence-electron chi connectivity index (χ1n) is 6.79. The number of nitrogens with two attached hydrogens (primary N) is 1. The number of hydrogen-bond donors (Lipinski definition) is 2. The number of carbonyl (C=O) groups excluding carboxylic acids is 1. The van der Waals surface area contributed by atoms with Crippen LogP contribution in [-0.4, -0.2) is 17.4 Å². The van der Waals surface area contributed by atoms with Crippen molar-refractivity contribution in [2.45, 2.75) is 38.5 Å². The molecule has 0 atom stereocenters. The Labute approximate surface area is 122 Å². The first-order valence-corrected chi connectivity index (χ1v) is 7.59. The molecule has 3 N–H and O–H groups in total. The predicted octanol–water partition coefficient (Wildman–Crippen LogP) is 3.08. The van der Waals surface area contributed by atoms with Gasteiger partial charge in [0.05, 0.1) is 17.3 Å². The van der Waals surface area contributed by atoms with Gasteiger partial charge in [-0.05, 0) is 40.9 Å². The minimum atomic E-state index is -0.399. The van der Waals surface area contributed by atoms with Gasteiger partial charge >= 0.3 is 0 Å². The van der Waals surface area contributed by atoms with Gasteiger partial charge in [-0.2, -0.15) is 0 Å². The van der Waals surface area contributed by atoms with Gasteiger partial charge in [0.1, 0.15) is 4.60 Å². The average Bonchev–Trinajstić information content (AvgIpc) is 2.67. The Balaban J connectivity index is 2.09. The van der Waals surface area contributed by atoms with Crippen LogP contribution < -0.4 is 11.1 Å². The van der Waals surface area contributed by atoms with Gasteiger partial charge in [0.15, 0.2) is 0 Å². The molecule has 0 radical (unpaired) electrons. The molecule has 0 spiro atoms. The van der Waals surface area contributed by atoms with E-state index >= 15 is 0 Å². The Morgan fingerprint density at radius 1 is 1.32 bits per heavy atom. The van der Waals surface area contributed by atoms with E-state index in [0.29, 0.717) is 6.54 Å². The van der Waals surface area contributed by atoms with Gasteiger partial charge in [0.25, 0.3) is 0 Å². The highest BCUT2D eigenvalue weighted by molar-refractivity contribution is 9.10. The number of anilines is 1. The molecular formula is C14H20BrN3O. The molecular weight excluding hydrogens is 306 g/mol. The van der Waals surface area contributed by atoms with Gasteiger partial charge in [0, 0.05) is 6.54 Å². The summed E-state index contributed by atoms with van der Waals surface area (Å²) >= 11 is 3.28. The largest absolute Gasteiger partial charge is 0.329 e. The Morgan fingerprint density at radius 2 is 2.00 bits per heavy atom. The highest BCUT2D eigenvalue weighted by Gasteiger charge is 2.37. The Kier molecular flexibility index (Phi) is 4.93. The van der Waals surface area contributed by atoms with E-state index in [-0.39, 0.29) is 5.91 Å². The topological polar surface area (TPSA) is 68.0 Å². The third-order valence-electron chi connectivity index (χ3n) is 3.92. The minimum Gasteiger partial charge on any atom is -0.329 e. The summed E-state index contributed by atoms with van der Waals surface area (Å²) in [6.45, 7) is 0.419. The van der Waals surface area contributed by atoms with Gasteiger partial charge < -0.3 is 11.1 Å². The molecule has 104 valence electrons. The first-order chi connectivity index (χ1) is 9.16. The highest BCUT2D eigenvalue weighted by atomic mass is 79.9. The lowest BCUT2D eigenvalue weighted by Gasteiger charge is -2.29. The molecule has 1 fully saturated rings. The van der Waals surface area contributed by atoms with E-state index in [4.69, 9.17) is 5.73 Å². The van der Waals surface area contributed by atoms with Gasteiger partial charge in [-0.25, -0.2) is 4.98 Å². The molecule has 1 aromatic rings. The summed E-state index contributed by atoms with van der Waals surface area (Å²) < 4.78 is 0.758. The monoisotopic (exact) mass is 325 g/mol. The van der Waals surface area contributed by atoms with Gasteiger partial charge in [-0.3, -0.25) is 4.79 Å². The maximum atomic E-state index is 12.5. The van der Waals surface area contributed by atoms with Crippen LogP contribution >= 0.6 is 15.9 Å². The molecule has 2 rings (SSSR count). The number of carbonyl (C=O) groups is 1. The first kappa shape index (κ1) is 14.5. The van der Waals surface area contributed by atoms with Crippen LogP contribution in [0.1, 0.15) is 38.5 Å². The lowest BCUT2D eigenvalue weighted by Crippen LogP contribution is -2.42.